The highest BCUT2D eigenvalue weighted by molar-refractivity contribution is 5.91. The Kier molecular flexibility index (Phi) is 3.51. The van der Waals surface area contributed by atoms with E-state index in [2.05, 4.69) is 26.8 Å². The lowest BCUT2D eigenvalue weighted by atomic mass is 10.1. The van der Waals surface area contributed by atoms with Gasteiger partial charge in [0.2, 0.25) is 0 Å². The van der Waals surface area contributed by atoms with Gasteiger partial charge in [0, 0.05) is 18.8 Å². The second kappa shape index (κ2) is 5.31. The number of aryl methyl sites for hydroxylation is 2. The summed E-state index contributed by atoms with van der Waals surface area (Å²) in [6.07, 6.45) is 3.65. The molecule has 1 aliphatic heterocycles. The predicted molar refractivity (Wildman–Crippen MR) is 77.5 cm³/mol. The third kappa shape index (κ3) is 2.32. The molecule has 0 radical (unpaired) electrons. The van der Waals surface area contributed by atoms with Crippen molar-refractivity contribution < 1.29 is 4.39 Å². The minimum atomic E-state index is -0.647. The van der Waals surface area contributed by atoms with Gasteiger partial charge in [0.15, 0.2) is 0 Å². The van der Waals surface area contributed by atoms with Crippen LogP contribution in [0.15, 0.2) is 6.07 Å². The lowest BCUT2D eigenvalue weighted by molar-refractivity contribution is 0.531. The maximum absolute atomic E-state index is 13.8. The largest absolute Gasteiger partial charge is 0.356 e. The number of pyridine rings is 1. The highest BCUT2D eigenvalue weighted by Gasteiger charge is 2.19. The summed E-state index contributed by atoms with van der Waals surface area (Å²) >= 11 is 0. The Labute approximate surface area is 118 Å². The lowest BCUT2D eigenvalue weighted by Gasteiger charge is -2.29. The van der Waals surface area contributed by atoms with E-state index < -0.39 is 6.08 Å². The van der Waals surface area contributed by atoms with Crippen LogP contribution < -0.4 is 4.90 Å². The molecule has 3 rings (SSSR count). The second-order valence-corrected chi connectivity index (χ2v) is 5.32. The number of nitrogens with zero attached hydrogens (tertiary/aromatic N) is 4. The number of halogens is 1. The monoisotopic (exact) mass is 274 g/mol. The number of anilines is 1. The fraction of sp³-hybridized carbons (Fsp3) is 0.533. The molecule has 0 N–H and O–H groups in total. The zero-order valence-electron chi connectivity index (χ0n) is 12.0. The summed E-state index contributed by atoms with van der Waals surface area (Å²) in [7, 11) is 0. The van der Waals surface area contributed by atoms with Crippen LogP contribution in [0.4, 0.5) is 10.2 Å². The van der Waals surface area contributed by atoms with Gasteiger partial charge in [-0.3, -0.25) is 4.98 Å². The zero-order valence-corrected chi connectivity index (χ0v) is 12.0. The Bertz CT molecular complexity index is 630. The molecule has 20 heavy (non-hydrogen) atoms. The molecule has 0 unspecified atom stereocenters. The molecule has 1 fully saturated rings. The van der Waals surface area contributed by atoms with E-state index in [4.69, 9.17) is 0 Å². The van der Waals surface area contributed by atoms with E-state index in [0.717, 1.165) is 54.9 Å². The van der Waals surface area contributed by atoms with Crippen molar-refractivity contribution in [2.45, 2.75) is 39.5 Å². The first-order valence-electron chi connectivity index (χ1n) is 7.27. The molecule has 1 saturated heterocycles. The Balaban J connectivity index is 2.23. The molecule has 3 heterocycles. The molecule has 4 nitrogen and oxygen atoms in total. The first kappa shape index (κ1) is 13.2. The quantitative estimate of drug-likeness (QED) is 0.789. The summed E-state index contributed by atoms with van der Waals surface area (Å²) in [6.45, 7) is 5.84. The summed E-state index contributed by atoms with van der Waals surface area (Å²) in [5.41, 5.74) is 2.50. The minimum Gasteiger partial charge on any atom is -0.356 e. The number of hydrogen-bond donors (Lipinski definition) is 0. The van der Waals surface area contributed by atoms with Crippen molar-refractivity contribution in [3.05, 3.63) is 23.5 Å². The van der Waals surface area contributed by atoms with Crippen LogP contribution in [0.25, 0.3) is 10.9 Å². The summed E-state index contributed by atoms with van der Waals surface area (Å²) in [6, 6.07) is 1.84. The molecule has 0 bridgehead atoms. The van der Waals surface area contributed by atoms with Gasteiger partial charge in [0.25, 0.3) is 0 Å². The van der Waals surface area contributed by atoms with Crippen LogP contribution in [0.3, 0.4) is 0 Å². The van der Waals surface area contributed by atoms with Gasteiger partial charge in [-0.1, -0.05) is 6.92 Å². The Hall–Kier alpha value is -1.78. The van der Waals surface area contributed by atoms with Gasteiger partial charge in [0.05, 0.1) is 16.6 Å². The first-order valence-corrected chi connectivity index (χ1v) is 7.27. The van der Waals surface area contributed by atoms with Crippen molar-refractivity contribution >= 4 is 16.7 Å². The number of rotatable bonds is 2. The van der Waals surface area contributed by atoms with Crippen molar-refractivity contribution in [1.82, 2.24) is 15.0 Å². The Morgan fingerprint density at radius 3 is 2.60 bits per heavy atom. The maximum Gasteiger partial charge on any atom is 0.311 e. The average molecular weight is 274 g/mol. The number of piperidine rings is 1. The van der Waals surface area contributed by atoms with Crippen LogP contribution in [-0.2, 0) is 6.42 Å². The molecule has 0 amide bonds. The molecule has 0 atom stereocenters. The molecule has 0 saturated carbocycles. The van der Waals surface area contributed by atoms with E-state index in [9.17, 15) is 4.39 Å². The molecule has 2 aromatic rings. The lowest BCUT2D eigenvalue weighted by Crippen LogP contribution is -2.31. The molecule has 1 aliphatic rings. The number of fused-ring (bicyclic) bond motifs is 1. The van der Waals surface area contributed by atoms with Gasteiger partial charge < -0.3 is 4.90 Å². The van der Waals surface area contributed by atoms with Gasteiger partial charge in [0.1, 0.15) is 5.82 Å². The van der Waals surface area contributed by atoms with Gasteiger partial charge in [-0.2, -0.15) is 9.37 Å². The second-order valence-electron chi connectivity index (χ2n) is 5.32. The topological polar surface area (TPSA) is 41.9 Å². The molecule has 0 spiro atoms. The van der Waals surface area contributed by atoms with Gasteiger partial charge >= 0.3 is 6.08 Å². The van der Waals surface area contributed by atoms with Crippen molar-refractivity contribution in [2.75, 3.05) is 18.0 Å². The molecule has 0 aromatic carbocycles. The van der Waals surface area contributed by atoms with E-state index in [-0.39, 0.29) is 0 Å². The van der Waals surface area contributed by atoms with Crippen molar-refractivity contribution in [2.24, 2.45) is 0 Å². The van der Waals surface area contributed by atoms with Crippen molar-refractivity contribution in [3.8, 4) is 0 Å². The van der Waals surface area contributed by atoms with E-state index in [1.54, 1.807) is 0 Å². The Morgan fingerprint density at radius 1 is 1.15 bits per heavy atom. The van der Waals surface area contributed by atoms with E-state index in [1.165, 1.54) is 6.42 Å². The van der Waals surface area contributed by atoms with Crippen LogP contribution in [0.5, 0.6) is 0 Å². The molecule has 5 heteroatoms. The van der Waals surface area contributed by atoms with Crippen LogP contribution >= 0.6 is 0 Å². The van der Waals surface area contributed by atoms with Gasteiger partial charge in [-0.05, 0) is 38.7 Å². The van der Waals surface area contributed by atoms with E-state index in [0.29, 0.717) is 5.52 Å². The van der Waals surface area contributed by atoms with Crippen molar-refractivity contribution in [1.29, 1.82) is 0 Å². The molecule has 2 aromatic heterocycles. The van der Waals surface area contributed by atoms with Crippen molar-refractivity contribution in [3.63, 3.8) is 0 Å². The SMILES string of the molecule is CCc1nc(C)cc2nc(F)nc(N3CCCCC3)c12. The molecular weight excluding hydrogens is 255 g/mol. The number of aromatic nitrogens is 3. The van der Waals surface area contributed by atoms with Crippen LogP contribution in [0.2, 0.25) is 0 Å². The fourth-order valence-corrected chi connectivity index (χ4v) is 2.91. The smallest absolute Gasteiger partial charge is 0.311 e. The Morgan fingerprint density at radius 2 is 1.90 bits per heavy atom. The summed E-state index contributed by atoms with van der Waals surface area (Å²) in [5.74, 6) is 0.719. The minimum absolute atomic E-state index is 0.647. The summed E-state index contributed by atoms with van der Waals surface area (Å²) < 4.78 is 13.8. The molecule has 0 aliphatic carbocycles. The summed E-state index contributed by atoms with van der Waals surface area (Å²) in [4.78, 5) is 14.8. The fourth-order valence-electron chi connectivity index (χ4n) is 2.91. The number of hydrogen-bond acceptors (Lipinski definition) is 4. The first-order chi connectivity index (χ1) is 9.69. The van der Waals surface area contributed by atoms with Crippen LogP contribution in [0, 0.1) is 13.0 Å². The van der Waals surface area contributed by atoms with E-state index in [1.807, 2.05) is 13.0 Å². The highest BCUT2D eigenvalue weighted by Crippen LogP contribution is 2.29. The standard InChI is InChI=1S/C15H19FN4/c1-3-11-13-12(9-10(2)17-11)18-15(16)19-14(13)20-7-5-4-6-8-20/h9H,3-8H2,1-2H3. The normalized spacial score (nSPS) is 15.8. The van der Waals surface area contributed by atoms with Gasteiger partial charge in [-0.15, -0.1) is 0 Å². The highest BCUT2D eigenvalue weighted by atomic mass is 19.1. The van der Waals surface area contributed by atoms with Crippen LogP contribution in [-0.4, -0.2) is 28.0 Å². The molecule has 106 valence electrons. The average Bonchev–Trinajstić information content (AvgIpc) is 2.46. The zero-order chi connectivity index (χ0) is 14.1. The van der Waals surface area contributed by atoms with Gasteiger partial charge in [-0.25, -0.2) is 4.98 Å². The third-order valence-corrected chi connectivity index (χ3v) is 3.83. The van der Waals surface area contributed by atoms with E-state index >= 15 is 0 Å². The summed E-state index contributed by atoms with van der Waals surface area (Å²) in [5, 5.41) is 0.918. The third-order valence-electron chi connectivity index (χ3n) is 3.83. The van der Waals surface area contributed by atoms with Crippen LogP contribution in [0.1, 0.15) is 37.6 Å². The maximum atomic E-state index is 13.8. The molecular formula is C15H19FN4. The predicted octanol–water partition coefficient (Wildman–Crippen LogP) is 3.03.